The maximum atomic E-state index is 6.30. The number of nitrogens with two attached hydrogens (primary N) is 1. The summed E-state index contributed by atoms with van der Waals surface area (Å²) < 4.78 is 2.06. The van der Waals surface area contributed by atoms with E-state index < -0.39 is 0 Å². The minimum absolute atomic E-state index is 0.122. The Balaban J connectivity index is 1.83. The van der Waals surface area contributed by atoms with Crippen LogP contribution >= 0.6 is 11.3 Å². The summed E-state index contributed by atoms with van der Waals surface area (Å²) in [6.07, 6.45) is 1.75. The molecule has 20 heavy (non-hydrogen) atoms. The van der Waals surface area contributed by atoms with Crippen LogP contribution in [0.5, 0.6) is 0 Å². The molecule has 2 heterocycles. The Bertz CT molecular complexity index is 685. The standard InChI is InChI=1S/C16H19N3S/c1-2-19-16-8-4-3-7-14(16)15(18-19)11-12(17)10-13-6-5-9-20-13/h3-9,12H,2,10-11,17H2,1H3. The third kappa shape index (κ3) is 2.62. The lowest BCUT2D eigenvalue weighted by atomic mass is 10.1. The Labute approximate surface area is 123 Å². The molecule has 1 atom stereocenters. The van der Waals surface area contributed by atoms with Crippen molar-refractivity contribution < 1.29 is 0 Å². The minimum Gasteiger partial charge on any atom is -0.327 e. The van der Waals surface area contributed by atoms with Crippen molar-refractivity contribution in [3.05, 3.63) is 52.3 Å². The van der Waals surface area contributed by atoms with Crippen molar-refractivity contribution in [2.45, 2.75) is 32.4 Å². The largest absolute Gasteiger partial charge is 0.327 e. The molecular weight excluding hydrogens is 266 g/mol. The number of fused-ring (bicyclic) bond motifs is 1. The second kappa shape index (κ2) is 5.77. The van der Waals surface area contributed by atoms with E-state index in [1.54, 1.807) is 11.3 Å². The van der Waals surface area contributed by atoms with Crippen molar-refractivity contribution in [2.75, 3.05) is 0 Å². The second-order valence-electron chi connectivity index (χ2n) is 5.03. The van der Waals surface area contributed by atoms with Gasteiger partial charge >= 0.3 is 0 Å². The molecule has 1 unspecified atom stereocenters. The highest BCUT2D eigenvalue weighted by Gasteiger charge is 2.13. The summed E-state index contributed by atoms with van der Waals surface area (Å²) in [6.45, 7) is 3.01. The lowest BCUT2D eigenvalue weighted by Gasteiger charge is -2.08. The number of aryl methyl sites for hydroxylation is 1. The molecule has 2 aromatic heterocycles. The van der Waals surface area contributed by atoms with Gasteiger partial charge in [0.2, 0.25) is 0 Å². The first kappa shape index (κ1) is 13.3. The van der Waals surface area contributed by atoms with Crippen LogP contribution in [0.25, 0.3) is 10.9 Å². The molecule has 0 aliphatic heterocycles. The van der Waals surface area contributed by atoms with Gasteiger partial charge in [0.1, 0.15) is 0 Å². The van der Waals surface area contributed by atoms with Gasteiger partial charge in [-0.05, 0) is 30.9 Å². The zero-order valence-electron chi connectivity index (χ0n) is 11.6. The minimum atomic E-state index is 0.122. The molecule has 0 radical (unpaired) electrons. The average molecular weight is 285 g/mol. The van der Waals surface area contributed by atoms with Crippen LogP contribution in [0, 0.1) is 0 Å². The van der Waals surface area contributed by atoms with Gasteiger partial charge in [-0.2, -0.15) is 5.10 Å². The molecule has 0 aliphatic rings. The van der Waals surface area contributed by atoms with Crippen LogP contribution in [0.15, 0.2) is 41.8 Å². The smallest absolute Gasteiger partial charge is 0.0718 e. The number of para-hydroxylation sites is 1. The molecule has 0 fully saturated rings. The number of hydrogen-bond acceptors (Lipinski definition) is 3. The van der Waals surface area contributed by atoms with E-state index in [1.807, 2.05) is 0 Å². The van der Waals surface area contributed by atoms with Crippen LogP contribution in [0.3, 0.4) is 0 Å². The molecule has 3 rings (SSSR count). The van der Waals surface area contributed by atoms with Gasteiger partial charge in [-0.3, -0.25) is 4.68 Å². The van der Waals surface area contributed by atoms with Crippen molar-refractivity contribution in [2.24, 2.45) is 5.73 Å². The predicted octanol–water partition coefficient (Wildman–Crippen LogP) is 3.23. The number of benzene rings is 1. The normalized spacial score (nSPS) is 12.9. The van der Waals surface area contributed by atoms with E-state index in [0.717, 1.165) is 25.1 Å². The molecule has 0 saturated heterocycles. The molecule has 2 N–H and O–H groups in total. The van der Waals surface area contributed by atoms with Gasteiger partial charge in [0.15, 0.2) is 0 Å². The van der Waals surface area contributed by atoms with Gasteiger partial charge in [0.25, 0.3) is 0 Å². The monoisotopic (exact) mass is 285 g/mol. The molecule has 104 valence electrons. The Morgan fingerprint density at radius 1 is 1.20 bits per heavy atom. The van der Waals surface area contributed by atoms with Crippen molar-refractivity contribution in [1.82, 2.24) is 9.78 Å². The highest BCUT2D eigenvalue weighted by molar-refractivity contribution is 7.09. The van der Waals surface area contributed by atoms with Gasteiger partial charge in [-0.1, -0.05) is 24.3 Å². The highest BCUT2D eigenvalue weighted by Crippen LogP contribution is 2.20. The van der Waals surface area contributed by atoms with E-state index in [-0.39, 0.29) is 6.04 Å². The first-order valence-corrected chi connectivity index (χ1v) is 7.88. The van der Waals surface area contributed by atoms with Gasteiger partial charge in [-0.15, -0.1) is 11.3 Å². The van der Waals surface area contributed by atoms with Crippen LogP contribution in [0.2, 0.25) is 0 Å². The molecule has 0 saturated carbocycles. The number of hydrogen-bond donors (Lipinski definition) is 1. The number of nitrogens with zero attached hydrogens (tertiary/aromatic N) is 2. The lowest BCUT2D eigenvalue weighted by molar-refractivity contribution is 0.624. The van der Waals surface area contributed by atoms with Crippen molar-refractivity contribution in [1.29, 1.82) is 0 Å². The highest BCUT2D eigenvalue weighted by atomic mass is 32.1. The SMILES string of the molecule is CCn1nc(CC(N)Cc2cccs2)c2ccccc21. The molecule has 4 heteroatoms. The summed E-state index contributed by atoms with van der Waals surface area (Å²) in [6, 6.07) is 12.7. The molecule has 0 spiro atoms. The van der Waals surface area contributed by atoms with Crippen LogP contribution in [0.4, 0.5) is 0 Å². The molecular formula is C16H19N3S. The first-order valence-electron chi connectivity index (χ1n) is 7.00. The number of thiophene rings is 1. The van der Waals surface area contributed by atoms with Gasteiger partial charge in [0.05, 0.1) is 11.2 Å². The molecule has 3 aromatic rings. The Morgan fingerprint density at radius 3 is 2.80 bits per heavy atom. The maximum Gasteiger partial charge on any atom is 0.0718 e. The van der Waals surface area contributed by atoms with Gasteiger partial charge in [0, 0.05) is 29.3 Å². The zero-order chi connectivity index (χ0) is 13.9. The number of aromatic nitrogens is 2. The summed E-state index contributed by atoms with van der Waals surface area (Å²) in [5.41, 5.74) is 8.62. The van der Waals surface area contributed by atoms with Crippen LogP contribution in [0.1, 0.15) is 17.5 Å². The third-order valence-electron chi connectivity index (χ3n) is 3.53. The molecule has 0 bridgehead atoms. The van der Waals surface area contributed by atoms with Crippen LogP contribution in [-0.4, -0.2) is 15.8 Å². The molecule has 0 aliphatic carbocycles. The number of rotatable bonds is 5. The quantitative estimate of drug-likeness (QED) is 0.782. The predicted molar refractivity (Wildman–Crippen MR) is 85.1 cm³/mol. The zero-order valence-corrected chi connectivity index (χ0v) is 12.4. The fourth-order valence-corrected chi connectivity index (χ4v) is 3.40. The summed E-state index contributed by atoms with van der Waals surface area (Å²) in [7, 11) is 0. The van der Waals surface area contributed by atoms with Crippen molar-refractivity contribution in [3.8, 4) is 0 Å². The Hall–Kier alpha value is -1.65. The fourth-order valence-electron chi connectivity index (χ4n) is 2.60. The van der Waals surface area contributed by atoms with Crippen LogP contribution in [-0.2, 0) is 19.4 Å². The van der Waals surface area contributed by atoms with E-state index in [9.17, 15) is 0 Å². The van der Waals surface area contributed by atoms with Gasteiger partial charge in [-0.25, -0.2) is 0 Å². The van der Waals surface area contributed by atoms with E-state index in [2.05, 4.69) is 53.4 Å². The maximum absolute atomic E-state index is 6.30. The summed E-state index contributed by atoms with van der Waals surface area (Å²) in [5.74, 6) is 0. The van der Waals surface area contributed by atoms with Crippen LogP contribution < -0.4 is 5.73 Å². The lowest BCUT2D eigenvalue weighted by Crippen LogP contribution is -2.25. The van der Waals surface area contributed by atoms with Crippen molar-refractivity contribution in [3.63, 3.8) is 0 Å². The van der Waals surface area contributed by atoms with Crippen molar-refractivity contribution >= 4 is 22.2 Å². The molecule has 3 nitrogen and oxygen atoms in total. The van der Waals surface area contributed by atoms with E-state index in [1.165, 1.54) is 15.8 Å². The molecule has 0 amide bonds. The van der Waals surface area contributed by atoms with E-state index >= 15 is 0 Å². The van der Waals surface area contributed by atoms with E-state index in [0.29, 0.717) is 0 Å². The second-order valence-corrected chi connectivity index (χ2v) is 6.06. The third-order valence-corrected chi connectivity index (χ3v) is 4.43. The van der Waals surface area contributed by atoms with E-state index in [4.69, 9.17) is 10.8 Å². The summed E-state index contributed by atoms with van der Waals surface area (Å²) in [4.78, 5) is 1.34. The summed E-state index contributed by atoms with van der Waals surface area (Å²) >= 11 is 1.77. The summed E-state index contributed by atoms with van der Waals surface area (Å²) in [5, 5.41) is 8.05. The Kier molecular flexibility index (Phi) is 3.85. The fraction of sp³-hybridized carbons (Fsp3) is 0.312. The van der Waals surface area contributed by atoms with Gasteiger partial charge < -0.3 is 5.73 Å². The average Bonchev–Trinajstić information content (AvgIpc) is 3.07. The Morgan fingerprint density at radius 2 is 2.05 bits per heavy atom. The first-order chi connectivity index (χ1) is 9.78. The molecule has 1 aromatic carbocycles. The topological polar surface area (TPSA) is 43.8 Å².